The highest BCUT2D eigenvalue weighted by Gasteiger charge is 2.17. The Balaban J connectivity index is 2.53. The lowest BCUT2D eigenvalue weighted by Gasteiger charge is -2.25. The smallest absolute Gasteiger partial charge is 0.0494 e. The molecule has 0 aromatic heterocycles. The van der Waals surface area contributed by atoms with Gasteiger partial charge >= 0.3 is 0 Å². The van der Waals surface area contributed by atoms with Gasteiger partial charge in [-0.2, -0.15) is 0 Å². The molecule has 90 valence electrons. The van der Waals surface area contributed by atoms with E-state index >= 15 is 0 Å². The molecule has 0 bridgehead atoms. The summed E-state index contributed by atoms with van der Waals surface area (Å²) in [6.45, 7) is 7.24. The Morgan fingerprint density at radius 3 is 2.38 bits per heavy atom. The van der Waals surface area contributed by atoms with Gasteiger partial charge in [0.1, 0.15) is 0 Å². The zero-order chi connectivity index (χ0) is 12.2. The van der Waals surface area contributed by atoms with Crippen molar-refractivity contribution in [3.05, 3.63) is 34.3 Å². The number of nitrogens with one attached hydrogen (secondary N) is 1. The van der Waals surface area contributed by atoms with Crippen LogP contribution in [0.1, 0.15) is 32.4 Å². The summed E-state index contributed by atoms with van der Waals surface area (Å²) in [6, 6.07) is 8.61. The normalized spacial score (nSPS) is 13.8. The Bertz CT molecular complexity index is 321. The van der Waals surface area contributed by atoms with E-state index in [9.17, 15) is 0 Å². The zero-order valence-corrected chi connectivity index (χ0v) is 11.7. The van der Waals surface area contributed by atoms with Gasteiger partial charge in [-0.1, -0.05) is 41.9 Å². The van der Waals surface area contributed by atoms with Gasteiger partial charge in [-0.3, -0.25) is 0 Å². The Morgan fingerprint density at radius 1 is 1.31 bits per heavy atom. The molecule has 1 aromatic rings. The molecule has 0 radical (unpaired) electrons. The zero-order valence-electron chi connectivity index (χ0n) is 10.1. The maximum atomic E-state index is 9.17. The third kappa shape index (κ3) is 4.24. The minimum Gasteiger partial charge on any atom is -0.396 e. The third-order valence-corrected chi connectivity index (χ3v) is 3.21. The van der Waals surface area contributed by atoms with Gasteiger partial charge in [0, 0.05) is 29.1 Å². The van der Waals surface area contributed by atoms with Crippen molar-refractivity contribution >= 4 is 15.9 Å². The molecule has 0 amide bonds. The number of aliphatic hydroxyl groups excluding tert-OH is 1. The van der Waals surface area contributed by atoms with Gasteiger partial charge in [0.25, 0.3) is 0 Å². The number of rotatable bonds is 5. The highest BCUT2D eigenvalue weighted by Crippen LogP contribution is 2.18. The van der Waals surface area contributed by atoms with Crippen molar-refractivity contribution in [2.45, 2.75) is 26.8 Å². The van der Waals surface area contributed by atoms with Crippen LogP contribution in [-0.4, -0.2) is 18.3 Å². The van der Waals surface area contributed by atoms with Crippen LogP contribution < -0.4 is 5.32 Å². The molecule has 1 atom stereocenters. The van der Waals surface area contributed by atoms with E-state index in [-0.39, 0.29) is 12.0 Å². The molecule has 0 aliphatic heterocycles. The van der Waals surface area contributed by atoms with Crippen LogP contribution >= 0.6 is 15.9 Å². The highest BCUT2D eigenvalue weighted by molar-refractivity contribution is 9.10. The summed E-state index contributed by atoms with van der Waals surface area (Å²) < 4.78 is 1.10. The van der Waals surface area contributed by atoms with Crippen LogP contribution in [0.15, 0.2) is 28.7 Å². The lowest BCUT2D eigenvalue weighted by Crippen LogP contribution is -2.33. The monoisotopic (exact) mass is 285 g/mol. The van der Waals surface area contributed by atoms with Gasteiger partial charge in [0.15, 0.2) is 0 Å². The van der Waals surface area contributed by atoms with Crippen molar-refractivity contribution in [2.75, 3.05) is 13.2 Å². The minimum atomic E-state index is -0.0658. The van der Waals surface area contributed by atoms with Crippen LogP contribution in [0, 0.1) is 5.41 Å². The van der Waals surface area contributed by atoms with E-state index in [0.29, 0.717) is 6.04 Å². The molecule has 0 fully saturated rings. The van der Waals surface area contributed by atoms with E-state index < -0.39 is 0 Å². The van der Waals surface area contributed by atoms with E-state index in [0.717, 1.165) is 11.0 Å². The number of hydrogen-bond donors (Lipinski definition) is 2. The van der Waals surface area contributed by atoms with Gasteiger partial charge in [0.05, 0.1) is 0 Å². The molecule has 2 nitrogen and oxygen atoms in total. The molecule has 1 aromatic carbocycles. The number of aliphatic hydroxyl groups is 1. The van der Waals surface area contributed by atoms with Crippen LogP contribution in [-0.2, 0) is 0 Å². The summed E-state index contributed by atoms with van der Waals surface area (Å²) >= 11 is 3.42. The standard InChI is InChI=1S/C13H20BrNO/c1-10(15-8-13(2,3)9-16)11-4-6-12(14)7-5-11/h4-7,10,15-16H,8-9H2,1-3H3/t10-/m1/s1. The first kappa shape index (κ1) is 13.7. The molecular formula is C13H20BrNO. The second-order valence-electron chi connectivity index (χ2n) is 4.98. The Hall–Kier alpha value is -0.380. The Morgan fingerprint density at radius 2 is 1.88 bits per heavy atom. The molecule has 16 heavy (non-hydrogen) atoms. The largest absolute Gasteiger partial charge is 0.396 e. The van der Waals surface area contributed by atoms with E-state index in [1.54, 1.807) is 0 Å². The number of halogens is 1. The fourth-order valence-corrected chi connectivity index (χ4v) is 1.62. The predicted molar refractivity (Wildman–Crippen MR) is 71.4 cm³/mol. The Labute approximate surface area is 106 Å². The lowest BCUT2D eigenvalue weighted by atomic mass is 9.94. The third-order valence-electron chi connectivity index (χ3n) is 2.68. The molecule has 0 saturated heterocycles. The van der Waals surface area contributed by atoms with Gasteiger partial charge in [-0.15, -0.1) is 0 Å². The fourth-order valence-electron chi connectivity index (χ4n) is 1.35. The van der Waals surface area contributed by atoms with Gasteiger partial charge in [-0.05, 0) is 24.6 Å². The quantitative estimate of drug-likeness (QED) is 0.871. The minimum absolute atomic E-state index is 0.0658. The van der Waals surface area contributed by atoms with Crippen molar-refractivity contribution < 1.29 is 5.11 Å². The summed E-state index contributed by atoms with van der Waals surface area (Å²) in [5, 5.41) is 12.6. The van der Waals surface area contributed by atoms with E-state index in [1.807, 2.05) is 26.0 Å². The predicted octanol–water partition coefficient (Wildman–Crippen LogP) is 3.12. The maximum Gasteiger partial charge on any atom is 0.0494 e. The topological polar surface area (TPSA) is 32.3 Å². The molecular weight excluding hydrogens is 266 g/mol. The first-order valence-corrected chi connectivity index (χ1v) is 6.33. The molecule has 3 heteroatoms. The van der Waals surface area contributed by atoms with Crippen LogP contribution in [0.3, 0.4) is 0 Å². The van der Waals surface area contributed by atoms with Gasteiger partial charge in [-0.25, -0.2) is 0 Å². The number of benzene rings is 1. The summed E-state index contributed by atoms with van der Waals surface area (Å²) in [5.74, 6) is 0. The van der Waals surface area contributed by atoms with Crippen molar-refractivity contribution in [3.63, 3.8) is 0 Å². The van der Waals surface area contributed by atoms with Gasteiger partial charge < -0.3 is 10.4 Å². The average molecular weight is 286 g/mol. The second kappa shape index (κ2) is 5.80. The molecule has 0 aliphatic rings. The van der Waals surface area contributed by atoms with Crippen LogP contribution in [0.2, 0.25) is 0 Å². The molecule has 2 N–H and O–H groups in total. The van der Waals surface area contributed by atoms with Crippen molar-refractivity contribution in [3.8, 4) is 0 Å². The van der Waals surface area contributed by atoms with Crippen molar-refractivity contribution in [2.24, 2.45) is 5.41 Å². The highest BCUT2D eigenvalue weighted by atomic mass is 79.9. The summed E-state index contributed by atoms with van der Waals surface area (Å²) in [6.07, 6.45) is 0. The van der Waals surface area contributed by atoms with Crippen LogP contribution in [0.25, 0.3) is 0 Å². The molecule has 0 heterocycles. The van der Waals surface area contributed by atoms with E-state index in [2.05, 4.69) is 40.3 Å². The number of hydrogen-bond acceptors (Lipinski definition) is 2. The van der Waals surface area contributed by atoms with Crippen LogP contribution in [0.5, 0.6) is 0 Å². The summed E-state index contributed by atoms with van der Waals surface area (Å²) in [4.78, 5) is 0. The van der Waals surface area contributed by atoms with E-state index in [4.69, 9.17) is 5.11 Å². The first-order chi connectivity index (χ1) is 7.44. The summed E-state index contributed by atoms with van der Waals surface area (Å²) in [5.41, 5.74) is 1.20. The fraction of sp³-hybridized carbons (Fsp3) is 0.538. The lowest BCUT2D eigenvalue weighted by molar-refractivity contribution is 0.154. The molecule has 0 saturated carbocycles. The first-order valence-electron chi connectivity index (χ1n) is 5.54. The van der Waals surface area contributed by atoms with Crippen molar-refractivity contribution in [1.82, 2.24) is 5.32 Å². The maximum absolute atomic E-state index is 9.17. The molecule has 0 unspecified atom stereocenters. The second-order valence-corrected chi connectivity index (χ2v) is 5.89. The SMILES string of the molecule is C[C@@H](NCC(C)(C)CO)c1ccc(Br)cc1. The molecule has 0 aliphatic carbocycles. The average Bonchev–Trinajstić information content (AvgIpc) is 2.27. The van der Waals surface area contributed by atoms with Gasteiger partial charge in [0.2, 0.25) is 0 Å². The molecule has 1 rings (SSSR count). The molecule has 0 spiro atoms. The van der Waals surface area contributed by atoms with E-state index in [1.165, 1.54) is 5.56 Å². The van der Waals surface area contributed by atoms with Crippen molar-refractivity contribution in [1.29, 1.82) is 0 Å². The summed E-state index contributed by atoms with van der Waals surface area (Å²) in [7, 11) is 0. The van der Waals surface area contributed by atoms with Crippen LogP contribution in [0.4, 0.5) is 0 Å². The Kier molecular flexibility index (Phi) is 4.96.